The van der Waals surface area contributed by atoms with Gasteiger partial charge in [-0.15, -0.1) is 0 Å². The molecule has 0 bridgehead atoms. The number of methoxy groups -OCH3 is 2. The lowest BCUT2D eigenvalue weighted by Crippen LogP contribution is -2.21. The Balaban J connectivity index is 0.000000348. The van der Waals surface area contributed by atoms with E-state index in [0.717, 1.165) is 11.3 Å². The summed E-state index contributed by atoms with van der Waals surface area (Å²) in [5.41, 5.74) is 1.88. The van der Waals surface area contributed by atoms with Gasteiger partial charge in [-0.3, -0.25) is 19.4 Å². The highest BCUT2D eigenvalue weighted by molar-refractivity contribution is 9.10. The predicted octanol–water partition coefficient (Wildman–Crippen LogP) is 6.19. The molecule has 0 atom stereocenters. The molecule has 0 aromatic carbocycles. The quantitative estimate of drug-likeness (QED) is 0.168. The van der Waals surface area contributed by atoms with Gasteiger partial charge in [0, 0.05) is 36.6 Å². The van der Waals surface area contributed by atoms with E-state index in [1.807, 2.05) is 46.8 Å². The lowest BCUT2D eigenvalue weighted by Gasteiger charge is -2.11. The van der Waals surface area contributed by atoms with Gasteiger partial charge in [0.05, 0.1) is 25.6 Å². The summed E-state index contributed by atoms with van der Waals surface area (Å²) in [7, 11) is 2.88. The SMILES string of the molecule is COC(=O)c1ccc(Br)nc1NC(=O)C(C)C.COCc1ccc(Br)nc1NC(=O)C(C)C.Cc1cncc(NC(=O)C(C)C)n1. The molecule has 13 nitrogen and oxygen atoms in total. The average Bonchev–Trinajstić information content (AvgIpc) is 2.98. The molecule has 0 spiro atoms. The van der Waals surface area contributed by atoms with Crippen LogP contribution in [0.3, 0.4) is 0 Å². The maximum atomic E-state index is 11.6. The van der Waals surface area contributed by atoms with Gasteiger partial charge in [-0.25, -0.2) is 19.7 Å². The average molecular weight is 768 g/mol. The van der Waals surface area contributed by atoms with Crippen LogP contribution < -0.4 is 16.0 Å². The highest BCUT2D eigenvalue weighted by atomic mass is 79.9. The minimum Gasteiger partial charge on any atom is -0.465 e. The molecule has 0 saturated heterocycles. The summed E-state index contributed by atoms with van der Waals surface area (Å²) >= 11 is 6.45. The minimum atomic E-state index is -0.538. The van der Waals surface area contributed by atoms with E-state index < -0.39 is 5.97 Å². The Labute approximate surface area is 286 Å². The standard InChI is InChI=1S/C11H13BrN2O3.C11H15BrN2O2.C9H13N3O/c1-6(2)10(15)14-9-7(11(16)17-3)4-5-8(12)13-9;1-7(2)11(15)14-10-8(6-16-3)4-5-9(12)13-10;1-6(2)9(13)12-8-5-10-4-7(3)11-8/h4-6H,1-3H3,(H,13,14,15);4-5,7H,6H2,1-3H3,(H,13,14,15);4-6H,1-3H3,(H,11,12,13). The van der Waals surface area contributed by atoms with E-state index in [1.165, 1.54) is 13.3 Å². The van der Waals surface area contributed by atoms with E-state index in [-0.39, 0.29) is 46.9 Å². The molecule has 3 aromatic heterocycles. The molecule has 3 N–H and O–H groups in total. The maximum Gasteiger partial charge on any atom is 0.341 e. The highest BCUT2D eigenvalue weighted by Crippen LogP contribution is 2.19. The number of esters is 1. The first-order valence-electron chi connectivity index (χ1n) is 14.2. The number of pyridine rings is 2. The van der Waals surface area contributed by atoms with Gasteiger partial charge in [0.15, 0.2) is 5.82 Å². The normalized spacial score (nSPS) is 10.3. The Hall–Kier alpha value is -3.82. The van der Waals surface area contributed by atoms with Crippen molar-refractivity contribution in [1.29, 1.82) is 0 Å². The highest BCUT2D eigenvalue weighted by Gasteiger charge is 2.17. The number of halogens is 2. The Morgan fingerprint density at radius 1 is 0.717 bits per heavy atom. The predicted molar refractivity (Wildman–Crippen MR) is 183 cm³/mol. The third kappa shape index (κ3) is 14.5. The molecule has 0 aliphatic carbocycles. The molecule has 3 rings (SSSR count). The number of amides is 3. The molecule has 46 heavy (non-hydrogen) atoms. The van der Waals surface area contributed by atoms with Crippen molar-refractivity contribution in [3.8, 4) is 0 Å². The van der Waals surface area contributed by atoms with E-state index in [9.17, 15) is 19.2 Å². The van der Waals surface area contributed by atoms with Crippen LogP contribution in [0.4, 0.5) is 17.5 Å². The molecule has 0 fully saturated rings. The zero-order valence-electron chi connectivity index (χ0n) is 27.4. The van der Waals surface area contributed by atoms with Crippen molar-refractivity contribution in [2.45, 2.75) is 55.1 Å². The van der Waals surface area contributed by atoms with Crippen molar-refractivity contribution < 1.29 is 28.7 Å². The van der Waals surface area contributed by atoms with Gasteiger partial charge < -0.3 is 25.4 Å². The lowest BCUT2D eigenvalue weighted by molar-refractivity contribution is -0.119. The van der Waals surface area contributed by atoms with Crippen LogP contribution in [0.5, 0.6) is 0 Å². The Bertz CT molecular complexity index is 1490. The van der Waals surface area contributed by atoms with Crippen LogP contribution in [0.25, 0.3) is 0 Å². The van der Waals surface area contributed by atoms with E-state index in [4.69, 9.17) is 4.74 Å². The number of nitrogens with one attached hydrogen (secondary N) is 3. The number of rotatable bonds is 9. The summed E-state index contributed by atoms with van der Waals surface area (Å²) in [6.07, 6.45) is 3.18. The number of aryl methyl sites for hydroxylation is 1. The first-order valence-corrected chi connectivity index (χ1v) is 15.8. The van der Waals surface area contributed by atoms with E-state index in [2.05, 4.69) is 72.5 Å². The van der Waals surface area contributed by atoms with E-state index >= 15 is 0 Å². The molecule has 15 heteroatoms. The van der Waals surface area contributed by atoms with Crippen molar-refractivity contribution in [2.75, 3.05) is 30.2 Å². The van der Waals surface area contributed by atoms with Gasteiger partial charge in [-0.2, -0.15) is 0 Å². The Morgan fingerprint density at radius 3 is 1.72 bits per heavy atom. The van der Waals surface area contributed by atoms with Gasteiger partial charge in [0.1, 0.15) is 26.4 Å². The number of carbonyl (C=O) groups is 4. The number of anilines is 3. The molecular weight excluding hydrogens is 726 g/mol. The fourth-order valence-electron chi connectivity index (χ4n) is 2.97. The first kappa shape index (κ1) is 40.2. The number of hydrogen-bond acceptors (Lipinski definition) is 10. The summed E-state index contributed by atoms with van der Waals surface area (Å²) in [6.45, 7) is 13.1. The fourth-order valence-corrected chi connectivity index (χ4v) is 3.58. The molecule has 250 valence electrons. The summed E-state index contributed by atoms with van der Waals surface area (Å²) in [4.78, 5) is 62.1. The zero-order valence-corrected chi connectivity index (χ0v) is 30.6. The summed E-state index contributed by atoms with van der Waals surface area (Å²) in [5.74, 6) is 0.117. The Morgan fingerprint density at radius 2 is 1.22 bits per heavy atom. The molecule has 0 saturated carbocycles. The van der Waals surface area contributed by atoms with Gasteiger partial charge in [0.2, 0.25) is 17.7 Å². The molecule has 0 aliphatic rings. The molecule has 0 radical (unpaired) electrons. The second-order valence-corrected chi connectivity index (χ2v) is 12.2. The van der Waals surface area contributed by atoms with Crippen LogP contribution in [0, 0.1) is 24.7 Å². The lowest BCUT2D eigenvalue weighted by atomic mass is 10.2. The summed E-state index contributed by atoms with van der Waals surface area (Å²) in [6, 6.07) is 6.84. The summed E-state index contributed by atoms with van der Waals surface area (Å²) in [5, 5.41) is 8.03. The molecule has 0 aliphatic heterocycles. The third-order valence-corrected chi connectivity index (χ3v) is 6.46. The Kier molecular flexibility index (Phi) is 17.8. The van der Waals surface area contributed by atoms with Crippen molar-refractivity contribution in [2.24, 2.45) is 17.8 Å². The van der Waals surface area contributed by atoms with Crippen LogP contribution in [-0.2, 0) is 30.5 Å². The molecule has 3 amide bonds. The van der Waals surface area contributed by atoms with Crippen LogP contribution in [0.1, 0.15) is 63.2 Å². The third-order valence-electron chi connectivity index (χ3n) is 5.57. The molecule has 3 heterocycles. The van der Waals surface area contributed by atoms with E-state index in [0.29, 0.717) is 27.4 Å². The van der Waals surface area contributed by atoms with E-state index in [1.54, 1.807) is 39.3 Å². The maximum absolute atomic E-state index is 11.6. The van der Waals surface area contributed by atoms with Crippen LogP contribution in [-0.4, -0.2) is 57.8 Å². The summed E-state index contributed by atoms with van der Waals surface area (Å²) < 4.78 is 10.9. The number of nitrogens with zero attached hydrogens (tertiary/aromatic N) is 4. The van der Waals surface area contributed by atoms with Crippen LogP contribution in [0.15, 0.2) is 45.9 Å². The largest absolute Gasteiger partial charge is 0.465 e. The van der Waals surface area contributed by atoms with Gasteiger partial charge in [-0.1, -0.05) is 47.6 Å². The number of hydrogen-bond donors (Lipinski definition) is 3. The van der Waals surface area contributed by atoms with Crippen molar-refractivity contribution in [1.82, 2.24) is 19.9 Å². The number of aromatic nitrogens is 4. The van der Waals surface area contributed by atoms with Gasteiger partial charge in [-0.05, 0) is 57.0 Å². The zero-order chi connectivity index (χ0) is 35.0. The van der Waals surface area contributed by atoms with Crippen LogP contribution in [0.2, 0.25) is 0 Å². The van der Waals surface area contributed by atoms with Crippen molar-refractivity contribution in [3.63, 3.8) is 0 Å². The fraction of sp³-hybridized carbons (Fsp3) is 0.419. The smallest absolute Gasteiger partial charge is 0.341 e. The molecular formula is C31H41Br2N7O6. The minimum absolute atomic E-state index is 0.0395. The second-order valence-electron chi connectivity index (χ2n) is 10.6. The van der Waals surface area contributed by atoms with Crippen LogP contribution >= 0.6 is 31.9 Å². The van der Waals surface area contributed by atoms with Crippen molar-refractivity contribution >= 4 is 73.0 Å². The van der Waals surface area contributed by atoms with Gasteiger partial charge >= 0.3 is 5.97 Å². The monoisotopic (exact) mass is 765 g/mol. The second kappa shape index (κ2) is 20.3. The molecule has 3 aromatic rings. The first-order chi connectivity index (χ1) is 21.6. The topological polar surface area (TPSA) is 174 Å². The van der Waals surface area contributed by atoms with Crippen molar-refractivity contribution in [3.05, 3.63) is 62.7 Å². The molecule has 0 unspecified atom stereocenters. The van der Waals surface area contributed by atoms with Gasteiger partial charge in [0.25, 0.3) is 0 Å². The number of carbonyl (C=O) groups excluding carboxylic acids is 4. The number of ether oxygens (including phenoxy) is 2.